The Bertz CT molecular complexity index is 342. The largest absolute Gasteiger partial charge is 0.481 e. The number of nitrogens with zero attached hydrogens (tertiary/aromatic N) is 1. The minimum Gasteiger partial charge on any atom is -0.481 e. The van der Waals surface area contributed by atoms with Crippen LogP contribution in [0, 0.1) is 5.92 Å². The van der Waals surface area contributed by atoms with Crippen LogP contribution in [-0.4, -0.2) is 41.5 Å². The number of carbonyl (C=O) groups excluding carboxylic acids is 2. The van der Waals surface area contributed by atoms with Gasteiger partial charge in [0.15, 0.2) is 0 Å². The quantitative estimate of drug-likeness (QED) is 0.518. The molecular formula is C13H22N2O4. The molecule has 0 aromatic carbocycles. The van der Waals surface area contributed by atoms with Gasteiger partial charge in [-0.15, -0.1) is 6.58 Å². The van der Waals surface area contributed by atoms with E-state index in [1.807, 2.05) is 0 Å². The van der Waals surface area contributed by atoms with Gasteiger partial charge in [-0.3, -0.25) is 14.9 Å². The predicted molar refractivity (Wildman–Crippen MR) is 71.6 cm³/mol. The van der Waals surface area contributed by atoms with Crippen molar-refractivity contribution in [2.75, 3.05) is 13.6 Å². The third-order valence-electron chi connectivity index (χ3n) is 2.55. The van der Waals surface area contributed by atoms with Crippen molar-refractivity contribution in [3.05, 3.63) is 12.7 Å². The number of carboxylic acid groups (broad SMARTS) is 1. The second-order valence-electron chi connectivity index (χ2n) is 4.61. The summed E-state index contributed by atoms with van der Waals surface area (Å²) in [7, 11) is 1.60. The van der Waals surface area contributed by atoms with Gasteiger partial charge in [-0.2, -0.15) is 0 Å². The van der Waals surface area contributed by atoms with E-state index < -0.39 is 17.9 Å². The van der Waals surface area contributed by atoms with Crippen LogP contribution < -0.4 is 5.32 Å². The van der Waals surface area contributed by atoms with Crippen LogP contribution in [-0.2, 0) is 9.59 Å². The highest BCUT2D eigenvalue weighted by Gasteiger charge is 2.16. The molecule has 0 fully saturated rings. The number of carboxylic acids is 1. The number of nitrogens with one attached hydrogen (secondary N) is 1. The van der Waals surface area contributed by atoms with Gasteiger partial charge in [0.05, 0.1) is 0 Å². The van der Waals surface area contributed by atoms with Crippen molar-refractivity contribution in [1.29, 1.82) is 0 Å². The van der Waals surface area contributed by atoms with Crippen LogP contribution in [0.1, 0.15) is 32.6 Å². The van der Waals surface area contributed by atoms with Crippen molar-refractivity contribution in [1.82, 2.24) is 10.2 Å². The molecule has 6 heteroatoms. The number of unbranched alkanes of at least 4 members (excludes halogenated alkanes) is 1. The summed E-state index contributed by atoms with van der Waals surface area (Å²) >= 11 is 0. The number of carbonyl (C=O) groups is 3. The number of urea groups is 1. The Morgan fingerprint density at radius 3 is 2.53 bits per heavy atom. The van der Waals surface area contributed by atoms with Crippen LogP contribution in [0.4, 0.5) is 4.79 Å². The van der Waals surface area contributed by atoms with Gasteiger partial charge in [0.2, 0.25) is 5.91 Å². The highest BCUT2D eigenvalue weighted by atomic mass is 16.4. The first kappa shape index (κ1) is 17.2. The molecule has 1 unspecified atom stereocenters. The molecule has 19 heavy (non-hydrogen) atoms. The number of hydrogen-bond donors (Lipinski definition) is 2. The third-order valence-corrected chi connectivity index (χ3v) is 2.55. The maximum Gasteiger partial charge on any atom is 0.323 e. The van der Waals surface area contributed by atoms with E-state index in [-0.39, 0.29) is 18.8 Å². The molecule has 3 amide bonds. The first-order valence-corrected chi connectivity index (χ1v) is 6.24. The van der Waals surface area contributed by atoms with Crippen molar-refractivity contribution in [3.63, 3.8) is 0 Å². The SMILES string of the molecule is C=CCCCN(C)C(=O)NC(=O)CC(C)CC(=O)O. The van der Waals surface area contributed by atoms with E-state index in [1.54, 1.807) is 20.0 Å². The zero-order valence-corrected chi connectivity index (χ0v) is 11.5. The van der Waals surface area contributed by atoms with Gasteiger partial charge in [0.25, 0.3) is 0 Å². The lowest BCUT2D eigenvalue weighted by Gasteiger charge is -2.17. The van der Waals surface area contributed by atoms with Crippen molar-refractivity contribution >= 4 is 17.9 Å². The van der Waals surface area contributed by atoms with Crippen molar-refractivity contribution in [2.24, 2.45) is 5.92 Å². The summed E-state index contributed by atoms with van der Waals surface area (Å²) in [6.07, 6.45) is 3.30. The Morgan fingerprint density at radius 1 is 1.37 bits per heavy atom. The monoisotopic (exact) mass is 270 g/mol. The molecule has 1 atom stereocenters. The summed E-state index contributed by atoms with van der Waals surface area (Å²) in [5, 5.41) is 10.8. The highest BCUT2D eigenvalue weighted by molar-refractivity contribution is 5.94. The summed E-state index contributed by atoms with van der Waals surface area (Å²) in [6.45, 7) is 5.78. The van der Waals surface area contributed by atoms with Gasteiger partial charge in [-0.1, -0.05) is 13.0 Å². The summed E-state index contributed by atoms with van der Waals surface area (Å²) in [5.74, 6) is -1.70. The minimum atomic E-state index is -0.951. The molecule has 0 rings (SSSR count). The van der Waals surface area contributed by atoms with Crippen molar-refractivity contribution in [3.8, 4) is 0 Å². The van der Waals surface area contributed by atoms with Crippen LogP contribution in [0.5, 0.6) is 0 Å². The molecule has 0 aliphatic carbocycles. The number of aliphatic carboxylic acids is 1. The van der Waals surface area contributed by atoms with E-state index in [0.29, 0.717) is 6.54 Å². The smallest absolute Gasteiger partial charge is 0.323 e. The fourth-order valence-corrected chi connectivity index (χ4v) is 1.53. The van der Waals surface area contributed by atoms with Gasteiger partial charge in [-0.25, -0.2) is 4.79 Å². The molecule has 0 saturated carbocycles. The molecule has 108 valence electrons. The molecule has 0 heterocycles. The Morgan fingerprint density at radius 2 is 2.00 bits per heavy atom. The predicted octanol–water partition coefficient (Wildman–Crippen LogP) is 1.62. The molecule has 6 nitrogen and oxygen atoms in total. The van der Waals surface area contributed by atoms with E-state index in [2.05, 4.69) is 11.9 Å². The maximum atomic E-state index is 11.6. The van der Waals surface area contributed by atoms with Crippen molar-refractivity contribution < 1.29 is 19.5 Å². The number of hydrogen-bond acceptors (Lipinski definition) is 3. The van der Waals surface area contributed by atoms with E-state index >= 15 is 0 Å². The standard InChI is InChI=1S/C13H22N2O4/c1-4-5-6-7-15(3)13(19)14-11(16)8-10(2)9-12(17)18/h4,10H,1,5-9H2,2-3H3,(H,17,18)(H,14,16,19). The Balaban J connectivity index is 4.00. The molecule has 0 aromatic heterocycles. The lowest BCUT2D eigenvalue weighted by atomic mass is 10.0. The topological polar surface area (TPSA) is 86.7 Å². The van der Waals surface area contributed by atoms with Gasteiger partial charge in [-0.05, 0) is 18.8 Å². The number of amides is 3. The van der Waals surface area contributed by atoms with Crippen LogP contribution in [0.15, 0.2) is 12.7 Å². The van der Waals surface area contributed by atoms with Gasteiger partial charge in [0.1, 0.15) is 0 Å². The van der Waals surface area contributed by atoms with Crippen LogP contribution in [0.3, 0.4) is 0 Å². The fourth-order valence-electron chi connectivity index (χ4n) is 1.53. The zero-order valence-electron chi connectivity index (χ0n) is 11.5. The van der Waals surface area contributed by atoms with E-state index in [9.17, 15) is 14.4 Å². The molecule has 0 saturated heterocycles. The lowest BCUT2D eigenvalue weighted by molar-refractivity contribution is -0.138. The average Bonchev–Trinajstić information content (AvgIpc) is 2.27. The van der Waals surface area contributed by atoms with E-state index in [1.165, 1.54) is 4.90 Å². The second-order valence-corrected chi connectivity index (χ2v) is 4.61. The van der Waals surface area contributed by atoms with Gasteiger partial charge >= 0.3 is 12.0 Å². The van der Waals surface area contributed by atoms with Crippen LogP contribution in [0.25, 0.3) is 0 Å². The zero-order chi connectivity index (χ0) is 14.8. The first-order valence-electron chi connectivity index (χ1n) is 6.24. The van der Waals surface area contributed by atoms with E-state index in [4.69, 9.17) is 5.11 Å². The number of rotatable bonds is 8. The summed E-state index contributed by atoms with van der Waals surface area (Å²) in [6, 6.07) is -0.461. The Kier molecular flexibility index (Phi) is 8.24. The summed E-state index contributed by atoms with van der Waals surface area (Å²) < 4.78 is 0. The molecule has 0 bridgehead atoms. The summed E-state index contributed by atoms with van der Waals surface area (Å²) in [5.41, 5.74) is 0. The minimum absolute atomic E-state index is 0.0263. The third kappa shape index (κ3) is 8.82. The molecule has 0 spiro atoms. The fraction of sp³-hybridized carbons (Fsp3) is 0.615. The second kappa shape index (κ2) is 9.13. The normalized spacial score (nSPS) is 11.5. The number of allylic oxidation sites excluding steroid dienone is 1. The Hall–Kier alpha value is -1.85. The molecular weight excluding hydrogens is 248 g/mol. The van der Waals surface area contributed by atoms with Gasteiger partial charge < -0.3 is 10.0 Å². The average molecular weight is 270 g/mol. The van der Waals surface area contributed by atoms with E-state index in [0.717, 1.165) is 12.8 Å². The Labute approximate surface area is 113 Å². The molecule has 0 radical (unpaired) electrons. The van der Waals surface area contributed by atoms with Crippen LogP contribution in [0.2, 0.25) is 0 Å². The molecule has 2 N–H and O–H groups in total. The highest BCUT2D eigenvalue weighted by Crippen LogP contribution is 2.07. The first-order chi connectivity index (χ1) is 8.86. The number of imide groups is 1. The lowest BCUT2D eigenvalue weighted by Crippen LogP contribution is -2.41. The van der Waals surface area contributed by atoms with Gasteiger partial charge in [0, 0.05) is 26.4 Å². The summed E-state index contributed by atoms with van der Waals surface area (Å²) in [4.78, 5) is 35.0. The molecule has 0 aliphatic rings. The van der Waals surface area contributed by atoms with Crippen molar-refractivity contribution in [2.45, 2.75) is 32.6 Å². The molecule has 0 aliphatic heterocycles. The molecule has 0 aromatic rings. The van der Waals surface area contributed by atoms with Crippen LogP contribution >= 0.6 is 0 Å². The maximum absolute atomic E-state index is 11.6.